The normalized spacial score (nSPS) is 14.0. The van der Waals surface area contributed by atoms with E-state index in [-0.39, 0.29) is 23.4 Å². The van der Waals surface area contributed by atoms with Crippen molar-refractivity contribution in [2.24, 2.45) is 0 Å². The molecule has 0 aliphatic rings. The largest absolute Gasteiger partial charge is 0.497 e. The highest BCUT2D eigenvalue weighted by atomic mass is 19.1. The van der Waals surface area contributed by atoms with Gasteiger partial charge in [0.25, 0.3) is 0 Å². The molecule has 2 nitrogen and oxygen atoms in total. The maximum absolute atomic E-state index is 14.6. The molecule has 1 rings (SSSR count). The molecule has 26 heavy (non-hydrogen) atoms. The van der Waals surface area contributed by atoms with Crippen LogP contribution in [0.3, 0.4) is 0 Å². The van der Waals surface area contributed by atoms with Gasteiger partial charge < -0.3 is 10.1 Å². The fourth-order valence-electron chi connectivity index (χ4n) is 2.53. The van der Waals surface area contributed by atoms with E-state index >= 15 is 0 Å². The van der Waals surface area contributed by atoms with Crippen molar-refractivity contribution in [2.75, 3.05) is 7.11 Å². The van der Waals surface area contributed by atoms with Gasteiger partial charge in [-0.05, 0) is 31.2 Å². The molecule has 0 fully saturated rings. The summed E-state index contributed by atoms with van der Waals surface area (Å²) < 4.78 is 48.0. The second-order valence-corrected chi connectivity index (χ2v) is 5.51. The number of halogens is 3. The Morgan fingerprint density at radius 2 is 1.88 bits per heavy atom. The number of alkyl halides is 1. The third kappa shape index (κ3) is 5.41. The lowest BCUT2D eigenvalue weighted by atomic mass is 9.93. The summed E-state index contributed by atoms with van der Waals surface area (Å²) in [5.74, 6) is -1.60. The minimum absolute atomic E-state index is 0.0505. The predicted molar refractivity (Wildman–Crippen MR) is 101 cm³/mol. The fourth-order valence-corrected chi connectivity index (χ4v) is 2.53. The molecule has 0 bridgehead atoms. The molecular weight excluding hydrogens is 339 g/mol. The summed E-state index contributed by atoms with van der Waals surface area (Å²) in [4.78, 5) is 0. The molecule has 0 radical (unpaired) electrons. The van der Waals surface area contributed by atoms with Crippen molar-refractivity contribution < 1.29 is 17.9 Å². The summed E-state index contributed by atoms with van der Waals surface area (Å²) in [5.41, 5.74) is 0.793. The van der Waals surface area contributed by atoms with Gasteiger partial charge in [-0.1, -0.05) is 37.5 Å². The Balaban J connectivity index is 3.83. The van der Waals surface area contributed by atoms with Crippen LogP contribution < -0.4 is 10.1 Å². The van der Waals surface area contributed by atoms with Crippen molar-refractivity contribution in [1.29, 1.82) is 0 Å². The van der Waals surface area contributed by atoms with E-state index in [4.69, 9.17) is 4.74 Å². The fraction of sp³-hybridized carbons (Fsp3) is 0.238. The number of methoxy groups -OCH3 is 1. The van der Waals surface area contributed by atoms with E-state index in [1.807, 2.05) is 0 Å². The smallest absolute Gasteiger partial charge is 0.139 e. The van der Waals surface area contributed by atoms with Crippen molar-refractivity contribution in [3.8, 4) is 5.75 Å². The summed E-state index contributed by atoms with van der Waals surface area (Å²) in [6.07, 6.45) is 6.68. The van der Waals surface area contributed by atoms with Crippen molar-refractivity contribution in [1.82, 2.24) is 5.32 Å². The van der Waals surface area contributed by atoms with Crippen LogP contribution in [-0.4, -0.2) is 13.3 Å². The topological polar surface area (TPSA) is 21.3 Å². The summed E-state index contributed by atoms with van der Waals surface area (Å²) >= 11 is 0. The number of ether oxygens (including phenoxy) is 1. The number of hydrogen-bond acceptors (Lipinski definition) is 2. The predicted octanol–water partition coefficient (Wildman–Crippen LogP) is 5.85. The van der Waals surface area contributed by atoms with E-state index in [9.17, 15) is 13.2 Å². The third-order valence-corrected chi connectivity index (χ3v) is 3.53. The zero-order valence-electron chi connectivity index (χ0n) is 15.3. The Hall–Kier alpha value is -2.69. The molecule has 1 aromatic carbocycles. The standard InChI is InChI=1S/C21H24F3NO/c1-6-9-15(10-7-2)17(11-14(4)22)21(25-8-3)20-18(23)12-16(26-5)13-19(20)24/h6-10,12-14,25H,1,3,11H2,2,4-5H3/b10-7-,15-9+,21-17+. The Kier molecular flexibility index (Phi) is 8.49. The second-order valence-electron chi connectivity index (χ2n) is 5.51. The molecule has 1 unspecified atom stereocenters. The first-order chi connectivity index (χ1) is 12.4. The van der Waals surface area contributed by atoms with Crippen LogP contribution in [0.4, 0.5) is 13.2 Å². The Labute approximate surface area is 153 Å². The van der Waals surface area contributed by atoms with E-state index in [0.717, 1.165) is 12.1 Å². The average molecular weight is 363 g/mol. The van der Waals surface area contributed by atoms with Gasteiger partial charge in [-0.3, -0.25) is 0 Å². The summed E-state index contributed by atoms with van der Waals surface area (Å²) in [5, 5.41) is 2.77. The van der Waals surface area contributed by atoms with Crippen molar-refractivity contribution in [3.05, 3.63) is 84.1 Å². The Morgan fingerprint density at radius 3 is 2.31 bits per heavy atom. The quantitative estimate of drug-likeness (QED) is 0.555. The highest BCUT2D eigenvalue weighted by Crippen LogP contribution is 2.32. The zero-order valence-corrected chi connectivity index (χ0v) is 15.3. The molecule has 0 spiro atoms. The maximum Gasteiger partial charge on any atom is 0.139 e. The first-order valence-electron chi connectivity index (χ1n) is 8.13. The van der Waals surface area contributed by atoms with Crippen LogP contribution in [0.2, 0.25) is 0 Å². The minimum atomic E-state index is -1.23. The summed E-state index contributed by atoms with van der Waals surface area (Å²) in [6, 6.07) is 2.15. The lowest BCUT2D eigenvalue weighted by Crippen LogP contribution is -2.14. The molecule has 0 heterocycles. The first kappa shape index (κ1) is 21.4. The SMILES string of the molecule is C=C/C=C(\C=C/C)C(/CC(C)F)=C(/NC=C)c1c(F)cc(OC)cc1F. The Bertz CT molecular complexity index is 723. The van der Waals surface area contributed by atoms with Crippen LogP contribution >= 0.6 is 0 Å². The van der Waals surface area contributed by atoms with Crippen LogP contribution in [0, 0.1) is 11.6 Å². The van der Waals surface area contributed by atoms with Crippen LogP contribution in [0.1, 0.15) is 25.8 Å². The Morgan fingerprint density at radius 1 is 1.27 bits per heavy atom. The third-order valence-electron chi connectivity index (χ3n) is 3.53. The summed E-state index contributed by atoms with van der Waals surface area (Å²) in [7, 11) is 1.32. The molecule has 0 aliphatic heterocycles. The molecule has 0 saturated carbocycles. The molecule has 5 heteroatoms. The highest BCUT2D eigenvalue weighted by Gasteiger charge is 2.21. The van der Waals surface area contributed by atoms with E-state index in [0.29, 0.717) is 11.1 Å². The van der Waals surface area contributed by atoms with Gasteiger partial charge in [0.05, 0.1) is 18.4 Å². The number of nitrogens with one attached hydrogen (secondary N) is 1. The van der Waals surface area contributed by atoms with Crippen LogP contribution in [0.15, 0.2) is 66.9 Å². The van der Waals surface area contributed by atoms with Gasteiger partial charge in [-0.15, -0.1) is 0 Å². The van der Waals surface area contributed by atoms with Gasteiger partial charge in [0.15, 0.2) is 0 Å². The van der Waals surface area contributed by atoms with Crippen molar-refractivity contribution in [3.63, 3.8) is 0 Å². The van der Waals surface area contributed by atoms with E-state index in [1.54, 1.807) is 25.2 Å². The van der Waals surface area contributed by atoms with E-state index in [1.165, 1.54) is 26.3 Å². The summed E-state index contributed by atoms with van der Waals surface area (Å²) in [6.45, 7) is 10.4. The number of benzene rings is 1. The first-order valence-corrected chi connectivity index (χ1v) is 8.13. The van der Waals surface area contributed by atoms with Crippen LogP contribution in [-0.2, 0) is 0 Å². The molecular formula is C21H24F3NO. The van der Waals surface area contributed by atoms with Crippen molar-refractivity contribution >= 4 is 5.70 Å². The molecule has 140 valence electrons. The second kappa shape index (κ2) is 10.3. The van der Waals surface area contributed by atoms with Gasteiger partial charge in [0.1, 0.15) is 23.6 Å². The monoisotopic (exact) mass is 363 g/mol. The number of allylic oxidation sites excluding steroid dienone is 6. The molecule has 0 aliphatic carbocycles. The van der Waals surface area contributed by atoms with Crippen molar-refractivity contribution in [2.45, 2.75) is 26.4 Å². The van der Waals surface area contributed by atoms with Crippen LogP contribution in [0.25, 0.3) is 5.70 Å². The molecule has 1 N–H and O–H groups in total. The van der Waals surface area contributed by atoms with Gasteiger partial charge in [0.2, 0.25) is 0 Å². The van der Waals surface area contributed by atoms with Crippen LogP contribution in [0.5, 0.6) is 5.75 Å². The molecule has 1 aromatic rings. The molecule has 1 atom stereocenters. The lowest BCUT2D eigenvalue weighted by molar-refractivity contribution is 0.360. The zero-order chi connectivity index (χ0) is 19.7. The number of hydrogen-bond donors (Lipinski definition) is 1. The number of rotatable bonds is 9. The molecule has 0 amide bonds. The maximum atomic E-state index is 14.6. The average Bonchev–Trinajstić information content (AvgIpc) is 2.58. The van der Waals surface area contributed by atoms with Gasteiger partial charge in [-0.2, -0.15) is 0 Å². The van der Waals surface area contributed by atoms with E-state index < -0.39 is 17.8 Å². The molecule has 0 aromatic heterocycles. The van der Waals surface area contributed by atoms with Gasteiger partial charge in [-0.25, -0.2) is 13.2 Å². The van der Waals surface area contributed by atoms with Gasteiger partial charge >= 0.3 is 0 Å². The van der Waals surface area contributed by atoms with E-state index in [2.05, 4.69) is 18.5 Å². The lowest BCUT2D eigenvalue weighted by Gasteiger charge is -2.19. The molecule has 0 saturated heterocycles. The van der Waals surface area contributed by atoms with Gasteiger partial charge in [0, 0.05) is 18.6 Å². The minimum Gasteiger partial charge on any atom is -0.497 e. The highest BCUT2D eigenvalue weighted by molar-refractivity contribution is 5.74.